The Morgan fingerprint density at radius 3 is 2.81 bits per heavy atom. The smallest absolute Gasteiger partial charge is 0.309 e. The van der Waals surface area contributed by atoms with E-state index in [1.807, 2.05) is 18.2 Å². The lowest BCUT2D eigenvalue weighted by atomic mass is 9.88. The monoisotopic (exact) mass is 289 g/mol. The third kappa shape index (κ3) is 5.50. The summed E-state index contributed by atoms with van der Waals surface area (Å²) in [5.41, 5.74) is 1.22. The Kier molecular flexibility index (Phi) is 6.24. The number of piperidine rings is 1. The Labute approximate surface area is 128 Å². The van der Waals surface area contributed by atoms with Gasteiger partial charge in [-0.2, -0.15) is 0 Å². The van der Waals surface area contributed by atoms with Crippen LogP contribution in [-0.4, -0.2) is 25.2 Å². The standard InChI is InChI=1S/C18H27NO2/c1-14(2)12-17-13-16(8-10-19-17)18(20)21-11-9-15-6-4-3-5-7-15/h3-7,14,16-17,19H,8-13H2,1-2H3. The molecule has 3 nitrogen and oxygen atoms in total. The summed E-state index contributed by atoms with van der Waals surface area (Å²) >= 11 is 0. The summed E-state index contributed by atoms with van der Waals surface area (Å²) in [6.45, 7) is 5.87. The minimum atomic E-state index is -0.0128. The minimum absolute atomic E-state index is 0.0128. The van der Waals surface area contributed by atoms with Gasteiger partial charge < -0.3 is 10.1 Å². The van der Waals surface area contributed by atoms with Gasteiger partial charge in [-0.15, -0.1) is 0 Å². The number of hydrogen-bond acceptors (Lipinski definition) is 3. The molecule has 1 aliphatic heterocycles. The molecule has 21 heavy (non-hydrogen) atoms. The maximum absolute atomic E-state index is 12.2. The van der Waals surface area contributed by atoms with E-state index in [0.29, 0.717) is 18.6 Å². The maximum atomic E-state index is 12.2. The summed E-state index contributed by atoms with van der Waals surface area (Å²) in [5, 5.41) is 3.51. The van der Waals surface area contributed by atoms with Crippen LogP contribution in [0.4, 0.5) is 0 Å². The van der Waals surface area contributed by atoms with E-state index in [-0.39, 0.29) is 11.9 Å². The second-order valence-electron chi connectivity index (χ2n) is 6.40. The van der Waals surface area contributed by atoms with E-state index in [0.717, 1.165) is 32.2 Å². The van der Waals surface area contributed by atoms with Crippen molar-refractivity contribution in [1.82, 2.24) is 5.32 Å². The lowest BCUT2D eigenvalue weighted by Gasteiger charge is -2.30. The zero-order chi connectivity index (χ0) is 15.1. The van der Waals surface area contributed by atoms with Crippen LogP contribution in [0.25, 0.3) is 0 Å². The summed E-state index contributed by atoms with van der Waals surface area (Å²) < 4.78 is 5.47. The van der Waals surface area contributed by atoms with Gasteiger partial charge in [-0.1, -0.05) is 44.2 Å². The van der Waals surface area contributed by atoms with Crippen LogP contribution in [0.2, 0.25) is 0 Å². The summed E-state index contributed by atoms with van der Waals surface area (Å²) in [6.07, 6.45) is 3.75. The molecule has 0 spiro atoms. The van der Waals surface area contributed by atoms with Gasteiger partial charge in [0.05, 0.1) is 12.5 Å². The molecule has 0 aromatic heterocycles. The number of hydrogen-bond donors (Lipinski definition) is 1. The van der Waals surface area contributed by atoms with E-state index in [4.69, 9.17) is 4.74 Å². The molecule has 116 valence electrons. The molecule has 1 fully saturated rings. The van der Waals surface area contributed by atoms with Gasteiger partial charge in [0.1, 0.15) is 0 Å². The number of ether oxygens (including phenoxy) is 1. The predicted molar refractivity (Wildman–Crippen MR) is 85.1 cm³/mol. The first-order valence-corrected chi connectivity index (χ1v) is 8.09. The lowest BCUT2D eigenvalue weighted by molar-refractivity contribution is -0.149. The fraction of sp³-hybridized carbons (Fsp3) is 0.611. The Morgan fingerprint density at radius 2 is 2.10 bits per heavy atom. The molecule has 3 heteroatoms. The molecule has 0 bridgehead atoms. The van der Waals surface area contributed by atoms with Crippen molar-refractivity contribution in [3.05, 3.63) is 35.9 Å². The van der Waals surface area contributed by atoms with Crippen LogP contribution in [0.5, 0.6) is 0 Å². The van der Waals surface area contributed by atoms with Crippen molar-refractivity contribution in [1.29, 1.82) is 0 Å². The Hall–Kier alpha value is -1.35. The molecule has 0 amide bonds. The SMILES string of the molecule is CC(C)CC1CC(C(=O)OCCc2ccccc2)CCN1. The van der Waals surface area contributed by atoms with Crippen LogP contribution in [0, 0.1) is 11.8 Å². The van der Waals surface area contributed by atoms with Gasteiger partial charge in [-0.05, 0) is 37.3 Å². The molecule has 2 unspecified atom stereocenters. The van der Waals surface area contributed by atoms with Crippen LogP contribution in [-0.2, 0) is 16.0 Å². The van der Waals surface area contributed by atoms with Crippen LogP contribution < -0.4 is 5.32 Å². The Morgan fingerprint density at radius 1 is 1.33 bits per heavy atom. The van der Waals surface area contributed by atoms with Gasteiger partial charge in [-0.25, -0.2) is 0 Å². The number of esters is 1. The highest BCUT2D eigenvalue weighted by molar-refractivity contribution is 5.72. The van der Waals surface area contributed by atoms with Gasteiger partial charge in [0, 0.05) is 12.5 Å². The second kappa shape index (κ2) is 8.18. The van der Waals surface area contributed by atoms with Crippen LogP contribution in [0.1, 0.15) is 38.7 Å². The third-order valence-corrected chi connectivity index (χ3v) is 4.06. The molecule has 2 atom stereocenters. The van der Waals surface area contributed by atoms with E-state index in [2.05, 4.69) is 31.3 Å². The summed E-state index contributed by atoms with van der Waals surface area (Å²) in [5.74, 6) is 0.724. The van der Waals surface area contributed by atoms with Crippen molar-refractivity contribution in [3.8, 4) is 0 Å². The lowest BCUT2D eigenvalue weighted by Crippen LogP contribution is -2.41. The average Bonchev–Trinajstić information content (AvgIpc) is 2.48. The highest BCUT2D eigenvalue weighted by atomic mass is 16.5. The van der Waals surface area contributed by atoms with Crippen LogP contribution in [0.15, 0.2) is 30.3 Å². The Balaban J connectivity index is 1.72. The molecule has 0 radical (unpaired) electrons. The van der Waals surface area contributed by atoms with E-state index in [9.17, 15) is 4.79 Å². The quantitative estimate of drug-likeness (QED) is 0.817. The zero-order valence-electron chi connectivity index (χ0n) is 13.2. The van der Waals surface area contributed by atoms with Gasteiger partial charge in [0.15, 0.2) is 0 Å². The highest BCUT2D eigenvalue weighted by Crippen LogP contribution is 2.22. The third-order valence-electron chi connectivity index (χ3n) is 4.06. The summed E-state index contributed by atoms with van der Waals surface area (Å²) in [7, 11) is 0. The fourth-order valence-electron chi connectivity index (χ4n) is 3.00. The van der Waals surface area contributed by atoms with Crippen molar-refractivity contribution in [2.75, 3.05) is 13.2 Å². The normalized spacial score (nSPS) is 22.2. The molecular weight excluding hydrogens is 262 g/mol. The van der Waals surface area contributed by atoms with Crippen LogP contribution >= 0.6 is 0 Å². The number of carbonyl (C=O) groups is 1. The first-order chi connectivity index (χ1) is 10.1. The maximum Gasteiger partial charge on any atom is 0.309 e. The number of rotatable bonds is 6. The van der Waals surface area contributed by atoms with E-state index >= 15 is 0 Å². The largest absolute Gasteiger partial charge is 0.465 e. The van der Waals surface area contributed by atoms with Crippen molar-refractivity contribution in [3.63, 3.8) is 0 Å². The predicted octanol–water partition coefficient (Wildman–Crippen LogP) is 3.19. The second-order valence-corrected chi connectivity index (χ2v) is 6.40. The minimum Gasteiger partial charge on any atom is -0.465 e. The number of carbonyl (C=O) groups excluding carboxylic acids is 1. The highest BCUT2D eigenvalue weighted by Gasteiger charge is 2.28. The van der Waals surface area contributed by atoms with E-state index < -0.39 is 0 Å². The van der Waals surface area contributed by atoms with E-state index in [1.54, 1.807) is 0 Å². The Bertz CT molecular complexity index is 430. The first-order valence-electron chi connectivity index (χ1n) is 8.09. The van der Waals surface area contributed by atoms with Crippen molar-refractivity contribution in [2.24, 2.45) is 11.8 Å². The van der Waals surface area contributed by atoms with Crippen molar-refractivity contribution >= 4 is 5.97 Å². The average molecular weight is 289 g/mol. The van der Waals surface area contributed by atoms with Gasteiger partial charge in [-0.3, -0.25) is 4.79 Å². The molecule has 1 aliphatic rings. The zero-order valence-corrected chi connectivity index (χ0v) is 13.2. The summed E-state index contributed by atoms with van der Waals surface area (Å²) in [6, 6.07) is 10.6. The van der Waals surface area contributed by atoms with Crippen molar-refractivity contribution in [2.45, 2.75) is 45.6 Å². The molecule has 1 heterocycles. The van der Waals surface area contributed by atoms with Crippen molar-refractivity contribution < 1.29 is 9.53 Å². The molecule has 1 aromatic rings. The van der Waals surface area contributed by atoms with E-state index in [1.165, 1.54) is 5.56 Å². The molecular formula is C18H27NO2. The molecule has 1 saturated heterocycles. The number of nitrogens with one attached hydrogen (secondary N) is 1. The topological polar surface area (TPSA) is 38.3 Å². The van der Waals surface area contributed by atoms with Gasteiger partial charge in [0.25, 0.3) is 0 Å². The summed E-state index contributed by atoms with van der Waals surface area (Å²) in [4.78, 5) is 12.2. The molecule has 0 aliphatic carbocycles. The fourth-order valence-corrected chi connectivity index (χ4v) is 3.00. The van der Waals surface area contributed by atoms with Gasteiger partial charge in [0.2, 0.25) is 0 Å². The molecule has 1 N–H and O–H groups in total. The first kappa shape index (κ1) is 16.0. The van der Waals surface area contributed by atoms with Crippen LogP contribution in [0.3, 0.4) is 0 Å². The molecule has 1 aromatic carbocycles. The molecule has 0 saturated carbocycles. The molecule has 2 rings (SSSR count). The number of benzene rings is 1. The van der Waals surface area contributed by atoms with Gasteiger partial charge >= 0.3 is 5.97 Å².